The average molecular weight is 382 g/mol. The number of piperazine rings is 1. The number of halogens is 1. The third-order valence-corrected chi connectivity index (χ3v) is 5.21. The Kier molecular flexibility index (Phi) is 4.92. The van der Waals surface area contributed by atoms with Crippen LogP contribution >= 0.6 is 11.6 Å². The summed E-state index contributed by atoms with van der Waals surface area (Å²) in [6.07, 6.45) is 0. The van der Waals surface area contributed by atoms with Gasteiger partial charge in [0, 0.05) is 24.7 Å². The van der Waals surface area contributed by atoms with E-state index < -0.39 is 0 Å². The van der Waals surface area contributed by atoms with E-state index in [1.165, 1.54) is 0 Å². The summed E-state index contributed by atoms with van der Waals surface area (Å²) in [5, 5.41) is 12.4. The van der Waals surface area contributed by atoms with Crippen LogP contribution in [0.15, 0.2) is 54.6 Å². The fourth-order valence-electron chi connectivity index (χ4n) is 3.45. The van der Waals surface area contributed by atoms with Crippen LogP contribution in [0.1, 0.15) is 27.8 Å². The van der Waals surface area contributed by atoms with Gasteiger partial charge in [-0.1, -0.05) is 53.2 Å². The standard InChI is InChI=1S/C20H20ClN5O/c1-14-19(23-24-26(14)15-7-3-2-4-8-15)20(27)25-12-11-22-13-18(25)16-9-5-6-10-17(16)21/h2-10,18,22H,11-13H2,1H3. The Bertz CT molecular complexity index is 956. The fraction of sp³-hybridized carbons (Fsp3) is 0.250. The van der Waals surface area contributed by atoms with Crippen molar-refractivity contribution in [2.24, 2.45) is 0 Å². The highest BCUT2D eigenvalue weighted by atomic mass is 35.5. The van der Waals surface area contributed by atoms with Crippen LogP contribution in [-0.2, 0) is 0 Å². The minimum absolute atomic E-state index is 0.124. The molecule has 1 unspecified atom stereocenters. The van der Waals surface area contributed by atoms with Crippen molar-refractivity contribution in [2.45, 2.75) is 13.0 Å². The monoisotopic (exact) mass is 381 g/mol. The molecule has 6 nitrogen and oxygen atoms in total. The number of hydrogen-bond acceptors (Lipinski definition) is 4. The summed E-state index contributed by atoms with van der Waals surface area (Å²) in [7, 11) is 0. The lowest BCUT2D eigenvalue weighted by molar-refractivity contribution is 0.0627. The first-order valence-electron chi connectivity index (χ1n) is 8.90. The quantitative estimate of drug-likeness (QED) is 0.757. The van der Waals surface area contributed by atoms with Crippen LogP contribution in [0.3, 0.4) is 0 Å². The van der Waals surface area contributed by atoms with Gasteiger partial charge in [0.2, 0.25) is 0 Å². The number of amides is 1. The Balaban J connectivity index is 1.67. The summed E-state index contributed by atoms with van der Waals surface area (Å²) in [5.74, 6) is -0.124. The Labute approximate surface area is 162 Å². The third-order valence-electron chi connectivity index (χ3n) is 4.87. The van der Waals surface area contributed by atoms with Crippen LogP contribution in [0.25, 0.3) is 5.69 Å². The number of rotatable bonds is 3. The number of carbonyl (C=O) groups excluding carboxylic acids is 1. The molecule has 0 aliphatic carbocycles. The van der Waals surface area contributed by atoms with Gasteiger partial charge >= 0.3 is 0 Å². The molecule has 1 aliphatic rings. The summed E-state index contributed by atoms with van der Waals surface area (Å²) in [6.45, 7) is 3.85. The average Bonchev–Trinajstić information content (AvgIpc) is 3.10. The van der Waals surface area contributed by atoms with Crippen molar-refractivity contribution in [1.82, 2.24) is 25.2 Å². The molecule has 2 heterocycles. The number of aromatic nitrogens is 3. The van der Waals surface area contributed by atoms with E-state index in [1.807, 2.05) is 66.4 Å². The normalized spacial score (nSPS) is 17.1. The van der Waals surface area contributed by atoms with Gasteiger partial charge in [-0.25, -0.2) is 4.68 Å². The van der Waals surface area contributed by atoms with Gasteiger partial charge in [-0.3, -0.25) is 4.79 Å². The zero-order chi connectivity index (χ0) is 18.8. The molecule has 138 valence electrons. The highest BCUT2D eigenvalue weighted by Crippen LogP contribution is 2.29. The van der Waals surface area contributed by atoms with Crippen molar-refractivity contribution < 1.29 is 4.79 Å². The van der Waals surface area contributed by atoms with Crippen molar-refractivity contribution in [3.63, 3.8) is 0 Å². The Morgan fingerprint density at radius 2 is 1.89 bits per heavy atom. The maximum absolute atomic E-state index is 13.3. The van der Waals surface area contributed by atoms with Crippen molar-refractivity contribution >= 4 is 17.5 Å². The van der Waals surface area contributed by atoms with E-state index in [1.54, 1.807) is 4.68 Å². The lowest BCUT2D eigenvalue weighted by Gasteiger charge is -2.36. The van der Waals surface area contributed by atoms with Gasteiger partial charge in [0.25, 0.3) is 5.91 Å². The number of nitrogens with one attached hydrogen (secondary N) is 1. The van der Waals surface area contributed by atoms with Crippen LogP contribution in [0.5, 0.6) is 0 Å². The van der Waals surface area contributed by atoms with Crippen LogP contribution in [0, 0.1) is 6.92 Å². The van der Waals surface area contributed by atoms with Gasteiger partial charge in [-0.2, -0.15) is 0 Å². The first-order chi connectivity index (χ1) is 13.2. The smallest absolute Gasteiger partial charge is 0.276 e. The minimum atomic E-state index is -0.138. The fourth-order valence-corrected chi connectivity index (χ4v) is 3.71. The van der Waals surface area contributed by atoms with E-state index in [0.717, 1.165) is 23.5 Å². The first kappa shape index (κ1) is 17.7. The number of hydrogen-bond donors (Lipinski definition) is 1. The van der Waals surface area contributed by atoms with E-state index >= 15 is 0 Å². The van der Waals surface area contributed by atoms with Crippen molar-refractivity contribution in [2.75, 3.05) is 19.6 Å². The van der Waals surface area contributed by atoms with Crippen molar-refractivity contribution in [3.05, 3.63) is 76.6 Å². The van der Waals surface area contributed by atoms with Gasteiger partial charge in [0.15, 0.2) is 5.69 Å². The second-order valence-corrected chi connectivity index (χ2v) is 6.92. The lowest BCUT2D eigenvalue weighted by Crippen LogP contribution is -2.49. The van der Waals surface area contributed by atoms with Gasteiger partial charge in [-0.05, 0) is 30.7 Å². The highest BCUT2D eigenvalue weighted by Gasteiger charge is 2.32. The summed E-state index contributed by atoms with van der Waals surface area (Å²) < 4.78 is 1.69. The second-order valence-electron chi connectivity index (χ2n) is 6.51. The Morgan fingerprint density at radius 3 is 2.67 bits per heavy atom. The van der Waals surface area contributed by atoms with E-state index in [-0.39, 0.29) is 11.9 Å². The molecule has 1 atom stereocenters. The van der Waals surface area contributed by atoms with Crippen LogP contribution in [-0.4, -0.2) is 45.4 Å². The molecule has 1 aromatic heterocycles. The van der Waals surface area contributed by atoms with E-state index in [2.05, 4.69) is 15.6 Å². The summed E-state index contributed by atoms with van der Waals surface area (Å²) in [4.78, 5) is 15.1. The first-order valence-corrected chi connectivity index (χ1v) is 9.28. The van der Waals surface area contributed by atoms with Gasteiger partial charge in [0.1, 0.15) is 0 Å². The van der Waals surface area contributed by atoms with Gasteiger partial charge in [0.05, 0.1) is 17.4 Å². The Morgan fingerprint density at radius 1 is 1.15 bits per heavy atom. The molecule has 4 rings (SSSR count). The predicted octanol–water partition coefficient (Wildman–Crippen LogP) is 3.02. The topological polar surface area (TPSA) is 63.1 Å². The molecule has 1 fully saturated rings. The molecule has 0 spiro atoms. The number of benzene rings is 2. The van der Waals surface area contributed by atoms with Crippen LogP contribution < -0.4 is 5.32 Å². The summed E-state index contributed by atoms with van der Waals surface area (Å²) in [6, 6.07) is 17.2. The number of carbonyl (C=O) groups is 1. The van der Waals surface area contributed by atoms with Crippen molar-refractivity contribution in [3.8, 4) is 5.69 Å². The zero-order valence-corrected chi connectivity index (χ0v) is 15.7. The van der Waals surface area contributed by atoms with Gasteiger partial charge in [-0.15, -0.1) is 5.10 Å². The minimum Gasteiger partial charge on any atom is -0.328 e. The molecule has 2 aromatic carbocycles. The van der Waals surface area contributed by atoms with Crippen molar-refractivity contribution in [1.29, 1.82) is 0 Å². The molecule has 1 amide bonds. The maximum Gasteiger partial charge on any atom is 0.276 e. The van der Waals surface area contributed by atoms with E-state index in [0.29, 0.717) is 23.8 Å². The molecule has 0 radical (unpaired) electrons. The molecular weight excluding hydrogens is 362 g/mol. The molecule has 1 saturated heterocycles. The largest absolute Gasteiger partial charge is 0.328 e. The highest BCUT2D eigenvalue weighted by molar-refractivity contribution is 6.31. The predicted molar refractivity (Wildman–Crippen MR) is 104 cm³/mol. The Hall–Kier alpha value is -2.70. The summed E-state index contributed by atoms with van der Waals surface area (Å²) >= 11 is 6.39. The molecule has 0 bridgehead atoms. The summed E-state index contributed by atoms with van der Waals surface area (Å²) in [5.41, 5.74) is 2.91. The van der Waals surface area contributed by atoms with E-state index in [4.69, 9.17) is 11.6 Å². The lowest BCUT2D eigenvalue weighted by atomic mass is 10.0. The molecule has 27 heavy (non-hydrogen) atoms. The molecule has 7 heteroatoms. The molecular formula is C20H20ClN5O. The molecule has 0 saturated carbocycles. The van der Waals surface area contributed by atoms with Gasteiger partial charge < -0.3 is 10.2 Å². The molecule has 1 N–H and O–H groups in total. The van der Waals surface area contributed by atoms with E-state index in [9.17, 15) is 4.79 Å². The SMILES string of the molecule is Cc1c(C(=O)N2CCNCC2c2ccccc2Cl)nnn1-c1ccccc1. The zero-order valence-electron chi connectivity index (χ0n) is 15.0. The molecule has 3 aromatic rings. The number of nitrogens with zero attached hydrogens (tertiary/aromatic N) is 4. The van der Waals surface area contributed by atoms with Crippen LogP contribution in [0.2, 0.25) is 5.02 Å². The number of para-hydroxylation sites is 1. The van der Waals surface area contributed by atoms with Crippen LogP contribution in [0.4, 0.5) is 0 Å². The third kappa shape index (κ3) is 3.34. The molecule has 1 aliphatic heterocycles. The second kappa shape index (κ2) is 7.50. The maximum atomic E-state index is 13.3.